The van der Waals surface area contributed by atoms with Crippen molar-refractivity contribution in [3.63, 3.8) is 0 Å². The topological polar surface area (TPSA) is 132 Å². The van der Waals surface area contributed by atoms with E-state index in [2.05, 4.69) is 11.4 Å². The Bertz CT molecular complexity index is 1290. The number of para-hydroxylation sites is 1. The largest absolute Gasteiger partial charge is 0.475 e. The van der Waals surface area contributed by atoms with Gasteiger partial charge in [0.25, 0.3) is 5.91 Å². The number of rotatable bonds is 7. The first-order chi connectivity index (χ1) is 19.5. The van der Waals surface area contributed by atoms with Crippen LogP contribution in [0.15, 0.2) is 24.3 Å². The summed E-state index contributed by atoms with van der Waals surface area (Å²) in [6.07, 6.45) is -3.71. The molecule has 10 nitrogen and oxygen atoms in total. The van der Waals surface area contributed by atoms with Gasteiger partial charge >= 0.3 is 12.1 Å². The van der Waals surface area contributed by atoms with Gasteiger partial charge in [-0.15, -0.1) is 0 Å². The second-order valence-corrected chi connectivity index (χ2v) is 12.6. The van der Waals surface area contributed by atoms with Crippen molar-refractivity contribution >= 4 is 23.6 Å². The Kier molecular flexibility index (Phi) is 8.49. The summed E-state index contributed by atoms with van der Waals surface area (Å²) in [5.41, 5.74) is -1.34. The van der Waals surface area contributed by atoms with E-state index in [0.29, 0.717) is 5.75 Å². The minimum absolute atomic E-state index is 0.00663. The second-order valence-electron chi connectivity index (χ2n) is 12.6. The average molecular weight is 592 g/mol. The highest BCUT2D eigenvalue weighted by Gasteiger charge is 2.56. The number of carbonyl (C=O) groups excluding carboxylic acids is 4. The van der Waals surface area contributed by atoms with Gasteiger partial charge in [0.15, 0.2) is 0 Å². The molecule has 1 saturated carbocycles. The quantitative estimate of drug-likeness (QED) is 0.501. The van der Waals surface area contributed by atoms with Crippen LogP contribution < -0.4 is 15.4 Å². The van der Waals surface area contributed by atoms with Crippen molar-refractivity contribution in [1.82, 2.24) is 20.4 Å². The molecule has 2 heterocycles. The van der Waals surface area contributed by atoms with Gasteiger partial charge in [0.2, 0.25) is 17.4 Å². The van der Waals surface area contributed by atoms with Crippen LogP contribution in [0, 0.1) is 22.7 Å². The third kappa shape index (κ3) is 6.79. The zero-order valence-electron chi connectivity index (χ0n) is 24.1. The lowest BCUT2D eigenvalue weighted by molar-refractivity contribution is -0.175. The van der Waals surface area contributed by atoms with Gasteiger partial charge < -0.3 is 25.2 Å². The summed E-state index contributed by atoms with van der Waals surface area (Å²) < 4.78 is 45.4. The molecule has 2 aliphatic heterocycles. The highest BCUT2D eigenvalue weighted by molar-refractivity contribution is 5.94. The van der Waals surface area contributed by atoms with Crippen molar-refractivity contribution in [1.29, 1.82) is 5.26 Å². The minimum atomic E-state index is -5.18. The first kappa shape index (κ1) is 31.1. The molecule has 4 rings (SSSR count). The van der Waals surface area contributed by atoms with Crippen LogP contribution >= 0.6 is 0 Å². The van der Waals surface area contributed by atoms with Gasteiger partial charge in [0.05, 0.1) is 12.6 Å². The lowest BCUT2D eigenvalue weighted by atomic mass is 9.86. The fraction of sp³-hybridized carbons (Fsp3) is 0.621. The molecule has 1 aromatic carbocycles. The normalized spacial score (nSPS) is 23.5. The van der Waals surface area contributed by atoms with Gasteiger partial charge in [0, 0.05) is 25.6 Å². The first-order valence-corrected chi connectivity index (χ1v) is 13.9. The van der Waals surface area contributed by atoms with Crippen LogP contribution in [0.1, 0.15) is 58.4 Å². The number of likely N-dealkylation sites (N-methyl/N-ethyl adjacent to an activating group) is 1. The molecule has 1 saturated heterocycles. The Hall–Kier alpha value is -3.82. The number of ether oxygens (including phenoxy) is 1. The number of alkyl halides is 3. The Balaban J connectivity index is 1.62. The van der Waals surface area contributed by atoms with Crippen LogP contribution in [0.2, 0.25) is 0 Å². The molecule has 42 heavy (non-hydrogen) atoms. The molecule has 228 valence electrons. The maximum absolute atomic E-state index is 14.2. The summed E-state index contributed by atoms with van der Waals surface area (Å²) in [4.78, 5) is 55.1. The molecule has 1 spiro atoms. The molecule has 4 atom stereocenters. The van der Waals surface area contributed by atoms with Gasteiger partial charge in [-0.1, -0.05) is 51.8 Å². The van der Waals surface area contributed by atoms with E-state index in [1.165, 1.54) is 11.9 Å². The van der Waals surface area contributed by atoms with Gasteiger partial charge in [-0.05, 0) is 30.2 Å². The fourth-order valence-electron chi connectivity index (χ4n) is 5.51. The molecule has 0 aromatic heterocycles. The van der Waals surface area contributed by atoms with Crippen LogP contribution in [-0.4, -0.2) is 76.9 Å². The Morgan fingerprint density at radius 3 is 2.50 bits per heavy atom. The third-order valence-electron chi connectivity index (χ3n) is 7.92. The maximum atomic E-state index is 14.2. The van der Waals surface area contributed by atoms with E-state index in [4.69, 9.17) is 4.74 Å². The summed E-state index contributed by atoms with van der Waals surface area (Å²) in [6, 6.07) is 5.39. The van der Waals surface area contributed by atoms with Crippen molar-refractivity contribution in [3.05, 3.63) is 29.8 Å². The first-order valence-electron chi connectivity index (χ1n) is 13.9. The number of hydrogen-bond donors (Lipinski definition) is 2. The van der Waals surface area contributed by atoms with Gasteiger partial charge in [-0.2, -0.15) is 18.4 Å². The maximum Gasteiger partial charge on any atom is 0.471 e. The van der Waals surface area contributed by atoms with Gasteiger partial charge in [-0.3, -0.25) is 19.2 Å². The lowest BCUT2D eigenvalue weighted by Gasteiger charge is -2.37. The van der Waals surface area contributed by atoms with E-state index in [1.807, 2.05) is 26.1 Å². The van der Waals surface area contributed by atoms with Crippen molar-refractivity contribution in [2.45, 2.75) is 89.3 Å². The Morgan fingerprint density at radius 2 is 1.90 bits per heavy atom. The van der Waals surface area contributed by atoms with Gasteiger partial charge in [0.1, 0.15) is 23.9 Å². The molecule has 2 fully saturated rings. The third-order valence-corrected chi connectivity index (χ3v) is 7.92. The number of nitriles is 1. The lowest BCUT2D eigenvalue weighted by Crippen LogP contribution is -2.58. The predicted molar refractivity (Wildman–Crippen MR) is 143 cm³/mol. The van der Waals surface area contributed by atoms with Crippen molar-refractivity contribution in [2.75, 3.05) is 13.6 Å². The monoisotopic (exact) mass is 591 g/mol. The van der Waals surface area contributed by atoms with Crippen LogP contribution in [-0.2, 0) is 25.7 Å². The highest BCUT2D eigenvalue weighted by atomic mass is 19.4. The van der Waals surface area contributed by atoms with E-state index < -0.39 is 58.9 Å². The molecular weight excluding hydrogens is 555 g/mol. The zero-order chi connectivity index (χ0) is 31.0. The van der Waals surface area contributed by atoms with E-state index in [9.17, 15) is 37.6 Å². The zero-order valence-corrected chi connectivity index (χ0v) is 24.1. The van der Waals surface area contributed by atoms with Crippen LogP contribution in [0.5, 0.6) is 5.75 Å². The molecule has 2 N–H and O–H groups in total. The van der Waals surface area contributed by atoms with E-state index >= 15 is 0 Å². The molecule has 0 radical (unpaired) electrons. The summed E-state index contributed by atoms with van der Waals surface area (Å²) in [5, 5.41) is 14.6. The number of fused-ring (bicyclic) bond motifs is 1. The Morgan fingerprint density at radius 1 is 1.24 bits per heavy atom. The molecule has 1 aromatic rings. The number of hydrogen-bond acceptors (Lipinski definition) is 6. The van der Waals surface area contributed by atoms with Crippen LogP contribution in [0.3, 0.4) is 0 Å². The van der Waals surface area contributed by atoms with Gasteiger partial charge in [-0.25, -0.2) is 0 Å². The fourth-order valence-corrected chi connectivity index (χ4v) is 5.51. The molecular formula is C29H36F3N5O5. The minimum Gasteiger partial charge on any atom is -0.475 e. The number of nitrogens with one attached hydrogen (secondary N) is 2. The molecule has 13 heteroatoms. The number of amides is 4. The van der Waals surface area contributed by atoms with E-state index in [0.717, 1.165) is 23.3 Å². The van der Waals surface area contributed by atoms with Crippen molar-refractivity contribution in [2.24, 2.45) is 11.3 Å². The predicted octanol–water partition coefficient (Wildman–Crippen LogP) is 2.67. The molecule has 4 amide bonds. The van der Waals surface area contributed by atoms with E-state index in [1.54, 1.807) is 24.3 Å². The second kappa shape index (κ2) is 11.5. The number of halogens is 3. The summed E-state index contributed by atoms with van der Waals surface area (Å²) in [5.74, 6) is -3.73. The Labute approximate surface area is 242 Å². The molecule has 3 aliphatic rings. The SMILES string of the molecule is CN(C(=O)[C@H](CC1CC1)NC(=O)C(F)(F)F)[C@@H](CC(C)(C)C)C(=O)N1C[C@@]2(C[C@H]1C#N)Oc1ccccc1CNC2=O. The van der Waals surface area contributed by atoms with Crippen LogP contribution in [0.4, 0.5) is 13.2 Å². The van der Waals surface area contributed by atoms with Crippen molar-refractivity contribution in [3.8, 4) is 11.8 Å². The summed E-state index contributed by atoms with van der Waals surface area (Å²) in [6.45, 7) is 5.46. The van der Waals surface area contributed by atoms with Crippen LogP contribution in [0.25, 0.3) is 0 Å². The number of nitrogens with zero attached hydrogens (tertiary/aromatic N) is 3. The van der Waals surface area contributed by atoms with E-state index in [-0.39, 0.29) is 38.3 Å². The smallest absolute Gasteiger partial charge is 0.471 e. The number of benzene rings is 1. The molecule has 0 bridgehead atoms. The molecule has 0 unspecified atom stereocenters. The highest BCUT2D eigenvalue weighted by Crippen LogP contribution is 2.38. The average Bonchev–Trinajstić information content (AvgIpc) is 3.67. The molecule has 1 aliphatic carbocycles. The van der Waals surface area contributed by atoms with Crippen molar-refractivity contribution < 1.29 is 37.1 Å². The standard InChI is InChI=1S/C29H36F3N5O5/c1-27(2,3)13-21(36(4)23(38)20(11-17-9-10-17)35-26(41)29(30,31)32)24(39)37-16-28(12-19(37)14-33)25(40)34-15-18-7-5-6-8-22(18)42-28/h5-8,17,19-21H,9-13,15-16H2,1-4H3,(H,34,40)(H,35,41)/t19-,20-,21-,28+/m0/s1. The summed E-state index contributed by atoms with van der Waals surface area (Å²) in [7, 11) is 1.31. The number of likely N-dealkylation sites (tertiary alicyclic amines) is 1. The summed E-state index contributed by atoms with van der Waals surface area (Å²) >= 11 is 0. The number of carbonyl (C=O) groups is 4.